The van der Waals surface area contributed by atoms with Crippen LogP contribution in [0, 0.1) is 0 Å². The molecule has 1 aliphatic rings. The number of nitrogens with one attached hydrogen (secondary N) is 1. The zero-order valence-electron chi connectivity index (χ0n) is 11.2. The highest BCUT2D eigenvalue weighted by atomic mass is 16.5. The van der Waals surface area contributed by atoms with Gasteiger partial charge in [0.05, 0.1) is 13.1 Å². The Labute approximate surface area is 110 Å². The molecule has 0 saturated carbocycles. The number of primary amides is 1. The molecule has 0 spiro atoms. The fourth-order valence-electron chi connectivity index (χ4n) is 1.64. The number of hydrogen-bond donors (Lipinski definition) is 3. The Kier molecular flexibility index (Phi) is 4.04. The second-order valence-electron chi connectivity index (χ2n) is 5.41. The van der Waals surface area contributed by atoms with Gasteiger partial charge in [-0.1, -0.05) is 0 Å². The molecule has 3 amide bonds. The number of rotatable bonds is 5. The second kappa shape index (κ2) is 5.04. The van der Waals surface area contributed by atoms with E-state index in [0.29, 0.717) is 0 Å². The van der Waals surface area contributed by atoms with Crippen molar-refractivity contribution in [1.82, 2.24) is 10.2 Å². The van der Waals surface area contributed by atoms with E-state index in [1.807, 2.05) is 0 Å². The first-order valence-corrected chi connectivity index (χ1v) is 5.78. The number of nitrogens with zero attached hydrogens (tertiary/aromatic N) is 1. The Morgan fingerprint density at radius 3 is 2.37 bits per heavy atom. The summed E-state index contributed by atoms with van der Waals surface area (Å²) in [6, 6.07) is -0.430. The van der Waals surface area contributed by atoms with E-state index in [2.05, 4.69) is 5.32 Å². The topological polar surface area (TPSA) is 122 Å². The summed E-state index contributed by atoms with van der Waals surface area (Å²) in [4.78, 5) is 34.7. The van der Waals surface area contributed by atoms with E-state index < -0.39 is 35.7 Å². The van der Waals surface area contributed by atoms with Crippen LogP contribution in [0.5, 0.6) is 0 Å². The fraction of sp³-hybridized carbons (Fsp3) is 0.727. The van der Waals surface area contributed by atoms with Crippen molar-refractivity contribution in [2.45, 2.75) is 31.9 Å². The Morgan fingerprint density at radius 1 is 1.42 bits per heavy atom. The van der Waals surface area contributed by atoms with Crippen molar-refractivity contribution in [2.24, 2.45) is 5.73 Å². The van der Waals surface area contributed by atoms with Crippen LogP contribution in [0.15, 0.2) is 0 Å². The quantitative estimate of drug-likeness (QED) is 0.601. The molecule has 108 valence electrons. The number of urea groups is 1. The summed E-state index contributed by atoms with van der Waals surface area (Å²) < 4.78 is 5.17. The highest BCUT2D eigenvalue weighted by Crippen LogP contribution is 2.24. The lowest BCUT2D eigenvalue weighted by atomic mass is 9.96. The first-order chi connectivity index (χ1) is 8.56. The van der Waals surface area contributed by atoms with Crippen LogP contribution in [0.25, 0.3) is 0 Å². The van der Waals surface area contributed by atoms with Crippen LogP contribution in [-0.4, -0.2) is 58.8 Å². The smallest absolute Gasteiger partial charge is 0.329 e. The van der Waals surface area contributed by atoms with Crippen molar-refractivity contribution in [2.75, 3.05) is 19.7 Å². The first kappa shape index (κ1) is 15.2. The molecule has 1 heterocycles. The molecule has 0 aromatic rings. The monoisotopic (exact) mass is 273 g/mol. The van der Waals surface area contributed by atoms with Crippen LogP contribution in [0.2, 0.25) is 0 Å². The van der Waals surface area contributed by atoms with Gasteiger partial charge in [0.25, 0.3) is 0 Å². The predicted molar refractivity (Wildman–Crippen MR) is 65.4 cm³/mol. The third-order valence-electron chi connectivity index (χ3n) is 2.92. The average molecular weight is 273 g/mol. The van der Waals surface area contributed by atoms with Crippen molar-refractivity contribution in [3.8, 4) is 0 Å². The molecule has 1 aliphatic heterocycles. The van der Waals surface area contributed by atoms with E-state index in [0.717, 1.165) is 0 Å². The maximum atomic E-state index is 11.8. The highest BCUT2D eigenvalue weighted by molar-refractivity contribution is 5.89. The Balaban J connectivity index is 2.44. The van der Waals surface area contributed by atoms with Crippen LogP contribution < -0.4 is 11.1 Å². The van der Waals surface area contributed by atoms with Crippen molar-refractivity contribution in [1.29, 1.82) is 0 Å². The first-order valence-electron chi connectivity index (χ1n) is 5.78. The van der Waals surface area contributed by atoms with E-state index in [9.17, 15) is 14.4 Å². The van der Waals surface area contributed by atoms with Gasteiger partial charge in [-0.3, -0.25) is 4.79 Å². The highest BCUT2D eigenvalue weighted by Gasteiger charge is 2.44. The molecule has 0 atom stereocenters. The Bertz CT molecular complexity index is 401. The summed E-state index contributed by atoms with van der Waals surface area (Å²) in [6.45, 7) is 4.86. The number of aliphatic carboxylic acids is 1. The number of likely N-dealkylation sites (tertiary alicyclic amines) is 1. The molecule has 8 nitrogen and oxygen atoms in total. The van der Waals surface area contributed by atoms with Crippen LogP contribution >= 0.6 is 0 Å². The van der Waals surface area contributed by atoms with Crippen LogP contribution in [-0.2, 0) is 14.3 Å². The van der Waals surface area contributed by atoms with E-state index in [1.54, 1.807) is 6.92 Å². The van der Waals surface area contributed by atoms with Crippen molar-refractivity contribution >= 4 is 17.9 Å². The lowest BCUT2D eigenvalue weighted by Gasteiger charge is -2.47. The Morgan fingerprint density at radius 2 is 1.95 bits per heavy atom. The molecule has 1 saturated heterocycles. The van der Waals surface area contributed by atoms with Gasteiger partial charge >= 0.3 is 12.0 Å². The van der Waals surface area contributed by atoms with Crippen LogP contribution in [0.4, 0.5) is 4.79 Å². The number of carboxylic acids is 1. The fourth-order valence-corrected chi connectivity index (χ4v) is 1.64. The maximum absolute atomic E-state index is 11.8. The summed E-state index contributed by atoms with van der Waals surface area (Å²) in [5.41, 5.74) is 3.36. The molecule has 1 rings (SSSR count). The van der Waals surface area contributed by atoms with Gasteiger partial charge < -0.3 is 25.8 Å². The average Bonchev–Trinajstić information content (AvgIpc) is 2.21. The van der Waals surface area contributed by atoms with Gasteiger partial charge in [-0.05, 0) is 20.8 Å². The van der Waals surface area contributed by atoms with Crippen LogP contribution in [0.3, 0.4) is 0 Å². The normalized spacial score (nSPS) is 17.5. The van der Waals surface area contributed by atoms with Crippen molar-refractivity contribution in [3.63, 3.8) is 0 Å². The molecular weight excluding hydrogens is 254 g/mol. The molecule has 19 heavy (non-hydrogen) atoms. The number of carboxylic acid groups (broad SMARTS) is 1. The summed E-state index contributed by atoms with van der Waals surface area (Å²) in [7, 11) is 0. The molecule has 0 aliphatic carbocycles. The van der Waals surface area contributed by atoms with Crippen molar-refractivity contribution < 1.29 is 24.2 Å². The minimum absolute atomic E-state index is 0.265. The zero-order chi connectivity index (χ0) is 14.8. The van der Waals surface area contributed by atoms with E-state index >= 15 is 0 Å². The van der Waals surface area contributed by atoms with E-state index in [4.69, 9.17) is 15.6 Å². The van der Waals surface area contributed by atoms with Gasteiger partial charge in [0.15, 0.2) is 0 Å². The third-order valence-corrected chi connectivity index (χ3v) is 2.92. The zero-order valence-corrected chi connectivity index (χ0v) is 11.2. The molecule has 0 radical (unpaired) electrons. The standard InChI is InChI=1S/C11H19N3O5/c1-10(2,8(12)17)13-9(18)14-5-11(3,6-14)19-4-7(15)16/h4-6H2,1-3H3,(H2,12,17)(H,13,18)(H,15,16). The van der Waals surface area contributed by atoms with Gasteiger partial charge in [-0.2, -0.15) is 0 Å². The van der Waals surface area contributed by atoms with Crippen molar-refractivity contribution in [3.05, 3.63) is 0 Å². The van der Waals surface area contributed by atoms with Crippen LogP contribution in [0.1, 0.15) is 20.8 Å². The lowest BCUT2D eigenvalue weighted by molar-refractivity contribution is -0.159. The lowest BCUT2D eigenvalue weighted by Crippen LogP contribution is -2.67. The van der Waals surface area contributed by atoms with Gasteiger partial charge in [-0.15, -0.1) is 0 Å². The van der Waals surface area contributed by atoms with Gasteiger partial charge in [-0.25, -0.2) is 9.59 Å². The SMILES string of the molecule is CC1(OCC(=O)O)CN(C(=O)NC(C)(C)C(N)=O)C1. The molecule has 0 unspecified atom stereocenters. The van der Waals surface area contributed by atoms with E-state index in [1.165, 1.54) is 18.7 Å². The van der Waals surface area contributed by atoms with E-state index in [-0.39, 0.29) is 13.1 Å². The number of amides is 3. The minimum Gasteiger partial charge on any atom is -0.480 e. The third kappa shape index (κ3) is 3.82. The molecule has 8 heteroatoms. The second-order valence-corrected chi connectivity index (χ2v) is 5.41. The minimum atomic E-state index is -1.13. The molecule has 0 aromatic heterocycles. The molecule has 0 aromatic carbocycles. The van der Waals surface area contributed by atoms with Gasteiger partial charge in [0.2, 0.25) is 5.91 Å². The summed E-state index contributed by atoms with van der Waals surface area (Å²) in [5, 5.41) is 11.0. The number of nitrogens with two attached hydrogens (primary N) is 1. The Hall–Kier alpha value is -1.83. The molecule has 4 N–H and O–H groups in total. The summed E-state index contributed by atoms with van der Waals surface area (Å²) in [6.07, 6.45) is 0. The van der Waals surface area contributed by atoms with Gasteiger partial charge in [0.1, 0.15) is 17.7 Å². The summed E-state index contributed by atoms with van der Waals surface area (Å²) >= 11 is 0. The molecule has 0 bridgehead atoms. The van der Waals surface area contributed by atoms with Gasteiger partial charge in [0, 0.05) is 0 Å². The number of carbonyl (C=O) groups excluding carboxylic acids is 2. The maximum Gasteiger partial charge on any atom is 0.329 e. The molecular formula is C11H19N3O5. The number of hydrogen-bond acceptors (Lipinski definition) is 4. The predicted octanol–water partition coefficient (Wildman–Crippen LogP) is -0.865. The largest absolute Gasteiger partial charge is 0.480 e. The molecule has 1 fully saturated rings. The summed E-state index contributed by atoms with van der Waals surface area (Å²) in [5.74, 6) is -1.69. The number of carbonyl (C=O) groups is 3. The number of ether oxygens (including phenoxy) is 1.